The average Bonchev–Trinajstić information content (AvgIpc) is 3.39. The quantitative estimate of drug-likeness (QED) is 0.304. The Bertz CT molecular complexity index is 1070. The fourth-order valence-electron chi connectivity index (χ4n) is 6.54. The van der Waals surface area contributed by atoms with Gasteiger partial charge in [-0.1, -0.05) is 30.4 Å². The van der Waals surface area contributed by atoms with Gasteiger partial charge in [-0.15, -0.1) is 13.2 Å². The number of ether oxygens (including phenoxy) is 2. The first-order chi connectivity index (χ1) is 17.2. The van der Waals surface area contributed by atoms with Crippen LogP contribution in [0, 0.1) is 25.7 Å². The van der Waals surface area contributed by atoms with Crippen molar-refractivity contribution >= 4 is 23.5 Å². The number of carbonyl (C=O) groups is 3. The molecule has 8 heteroatoms. The van der Waals surface area contributed by atoms with E-state index in [-0.39, 0.29) is 38.1 Å². The molecule has 2 unspecified atom stereocenters. The molecule has 3 heterocycles. The van der Waals surface area contributed by atoms with Crippen molar-refractivity contribution in [3.8, 4) is 0 Å². The Morgan fingerprint density at radius 1 is 1.25 bits per heavy atom. The van der Waals surface area contributed by atoms with E-state index >= 15 is 0 Å². The third kappa shape index (κ3) is 3.87. The van der Waals surface area contributed by atoms with E-state index in [0.717, 1.165) is 16.8 Å². The number of esters is 1. The molecule has 0 radical (unpaired) electrons. The molecule has 1 aromatic rings. The van der Waals surface area contributed by atoms with Crippen LogP contribution < -0.4 is 4.90 Å². The van der Waals surface area contributed by atoms with Crippen molar-refractivity contribution < 1.29 is 29.0 Å². The highest BCUT2D eigenvalue weighted by molar-refractivity contribution is 6.05. The molecular weight excluding hydrogens is 460 g/mol. The van der Waals surface area contributed by atoms with E-state index in [4.69, 9.17) is 9.47 Å². The van der Waals surface area contributed by atoms with Crippen molar-refractivity contribution in [3.63, 3.8) is 0 Å². The van der Waals surface area contributed by atoms with E-state index in [2.05, 4.69) is 13.2 Å². The molecule has 3 aliphatic heterocycles. The van der Waals surface area contributed by atoms with Gasteiger partial charge >= 0.3 is 5.97 Å². The minimum absolute atomic E-state index is 0.0273. The molecule has 3 fully saturated rings. The van der Waals surface area contributed by atoms with Gasteiger partial charge in [-0.25, -0.2) is 0 Å². The lowest BCUT2D eigenvalue weighted by Gasteiger charge is -2.37. The van der Waals surface area contributed by atoms with Crippen LogP contribution >= 0.6 is 0 Å². The number of aliphatic hydroxyl groups excluding tert-OH is 1. The molecule has 2 bridgehead atoms. The normalized spacial score (nSPS) is 30.3. The molecule has 1 spiro atoms. The zero-order chi connectivity index (χ0) is 26.3. The molecule has 3 aliphatic rings. The van der Waals surface area contributed by atoms with Crippen molar-refractivity contribution in [2.45, 2.75) is 57.3 Å². The summed E-state index contributed by atoms with van der Waals surface area (Å²) in [5.41, 5.74) is 0.528. The number of carbonyl (C=O) groups excluding carboxylic acids is 3. The minimum atomic E-state index is -1.17. The van der Waals surface area contributed by atoms with Gasteiger partial charge in [-0.2, -0.15) is 0 Å². The van der Waals surface area contributed by atoms with Gasteiger partial charge in [-0.3, -0.25) is 14.4 Å². The molecule has 0 aliphatic carbocycles. The van der Waals surface area contributed by atoms with Gasteiger partial charge < -0.3 is 24.4 Å². The topological polar surface area (TPSA) is 96.4 Å². The largest absolute Gasteiger partial charge is 0.465 e. The van der Waals surface area contributed by atoms with Gasteiger partial charge in [0.1, 0.15) is 17.6 Å². The second kappa shape index (κ2) is 9.82. The van der Waals surface area contributed by atoms with Crippen LogP contribution in [-0.4, -0.2) is 71.3 Å². The number of amides is 2. The van der Waals surface area contributed by atoms with Crippen LogP contribution in [0.1, 0.15) is 37.3 Å². The number of β-amino-alcohol motifs (C(OH)–C–C–N with tert-alkyl or cyclic N) is 1. The van der Waals surface area contributed by atoms with E-state index in [1.54, 1.807) is 17.1 Å². The molecule has 0 saturated carbocycles. The molecule has 1 N–H and O–H groups in total. The predicted molar refractivity (Wildman–Crippen MR) is 135 cm³/mol. The zero-order valence-electron chi connectivity index (χ0n) is 21.4. The maximum atomic E-state index is 14.4. The van der Waals surface area contributed by atoms with Crippen LogP contribution in [0.5, 0.6) is 0 Å². The highest BCUT2D eigenvalue weighted by atomic mass is 16.6. The number of aryl methyl sites for hydroxylation is 2. The summed E-state index contributed by atoms with van der Waals surface area (Å²) in [5.74, 6) is -2.82. The van der Waals surface area contributed by atoms with Crippen LogP contribution in [-0.2, 0) is 23.9 Å². The van der Waals surface area contributed by atoms with Gasteiger partial charge in [0.05, 0.1) is 24.7 Å². The maximum absolute atomic E-state index is 14.4. The first-order valence-electron chi connectivity index (χ1n) is 12.5. The Morgan fingerprint density at radius 3 is 2.56 bits per heavy atom. The molecule has 0 aromatic heterocycles. The number of hydrogen-bond acceptors (Lipinski definition) is 6. The summed E-state index contributed by atoms with van der Waals surface area (Å²) in [4.78, 5) is 44.5. The molecule has 4 rings (SSSR count). The number of hydrogen-bond donors (Lipinski definition) is 1. The maximum Gasteiger partial charge on any atom is 0.312 e. The van der Waals surface area contributed by atoms with Crippen LogP contribution in [0.3, 0.4) is 0 Å². The standard InChI is InChI=1S/C28H36N2O6/c1-6-8-17-35-26(34)21-20-24(32)30(15-16-31)23(28(20)13-12-27(21,5)36-28)25(33)29(14-7-2)22-18(3)10-9-11-19(22)4/h6-7,9-11,20-21,23,31H,1-2,8,12-17H2,3-5H3/t20-,21-,23?,27+,28?/m0/s1. The molecule has 3 saturated heterocycles. The van der Waals surface area contributed by atoms with E-state index < -0.39 is 35.0 Å². The first-order valence-corrected chi connectivity index (χ1v) is 12.5. The number of likely N-dealkylation sites (tertiary alicyclic amines) is 1. The lowest BCUT2D eigenvalue weighted by molar-refractivity contribution is -0.159. The summed E-state index contributed by atoms with van der Waals surface area (Å²) >= 11 is 0. The number of para-hydroxylation sites is 1. The fourth-order valence-corrected chi connectivity index (χ4v) is 6.54. The van der Waals surface area contributed by atoms with E-state index in [9.17, 15) is 19.5 Å². The Balaban J connectivity index is 1.78. The predicted octanol–water partition coefficient (Wildman–Crippen LogP) is 2.70. The summed E-state index contributed by atoms with van der Waals surface area (Å²) in [6.45, 7) is 13.3. The van der Waals surface area contributed by atoms with E-state index in [1.165, 1.54) is 4.90 Å². The Morgan fingerprint density at radius 2 is 1.94 bits per heavy atom. The fraction of sp³-hybridized carbons (Fsp3) is 0.536. The van der Waals surface area contributed by atoms with Gasteiger partial charge in [0.15, 0.2) is 0 Å². The summed E-state index contributed by atoms with van der Waals surface area (Å²) in [6, 6.07) is 4.83. The van der Waals surface area contributed by atoms with Crippen molar-refractivity contribution in [2.75, 3.05) is 31.2 Å². The lowest BCUT2D eigenvalue weighted by Crippen LogP contribution is -2.57. The molecular formula is C28H36N2O6. The molecule has 2 amide bonds. The van der Waals surface area contributed by atoms with E-state index in [1.807, 2.05) is 39.0 Å². The summed E-state index contributed by atoms with van der Waals surface area (Å²) in [6.07, 6.45) is 4.81. The first kappa shape index (κ1) is 26.1. The summed E-state index contributed by atoms with van der Waals surface area (Å²) < 4.78 is 12.1. The van der Waals surface area contributed by atoms with Crippen LogP contribution in [0.2, 0.25) is 0 Å². The number of fused-ring (bicyclic) bond motifs is 1. The number of rotatable bonds is 10. The van der Waals surface area contributed by atoms with Crippen LogP contribution in [0.15, 0.2) is 43.5 Å². The van der Waals surface area contributed by atoms with Crippen molar-refractivity contribution in [3.05, 3.63) is 54.6 Å². The summed E-state index contributed by atoms with van der Waals surface area (Å²) in [7, 11) is 0. The number of aliphatic hydroxyl groups is 1. The van der Waals surface area contributed by atoms with Crippen molar-refractivity contribution in [1.29, 1.82) is 0 Å². The number of anilines is 1. The van der Waals surface area contributed by atoms with Gasteiger partial charge in [0.2, 0.25) is 5.91 Å². The van der Waals surface area contributed by atoms with Crippen LogP contribution in [0.4, 0.5) is 5.69 Å². The summed E-state index contributed by atoms with van der Waals surface area (Å²) in [5, 5.41) is 9.81. The highest BCUT2D eigenvalue weighted by Gasteiger charge is 2.78. The van der Waals surface area contributed by atoms with Gasteiger partial charge in [0, 0.05) is 18.8 Å². The molecule has 8 nitrogen and oxygen atoms in total. The minimum Gasteiger partial charge on any atom is -0.465 e. The van der Waals surface area contributed by atoms with Gasteiger partial charge in [-0.05, 0) is 51.2 Å². The Labute approximate surface area is 212 Å². The second-order valence-corrected chi connectivity index (χ2v) is 10.2. The average molecular weight is 497 g/mol. The molecule has 194 valence electrons. The molecule has 5 atom stereocenters. The second-order valence-electron chi connectivity index (χ2n) is 10.2. The van der Waals surface area contributed by atoms with Crippen molar-refractivity contribution in [2.24, 2.45) is 11.8 Å². The smallest absolute Gasteiger partial charge is 0.312 e. The molecule has 36 heavy (non-hydrogen) atoms. The van der Waals surface area contributed by atoms with E-state index in [0.29, 0.717) is 19.3 Å². The van der Waals surface area contributed by atoms with Crippen molar-refractivity contribution in [1.82, 2.24) is 4.90 Å². The molecule has 1 aromatic carbocycles. The number of nitrogens with zero attached hydrogens (tertiary/aromatic N) is 2. The monoisotopic (exact) mass is 496 g/mol. The Hall–Kier alpha value is -2.97. The third-order valence-electron chi connectivity index (χ3n) is 7.96. The number of benzene rings is 1. The SMILES string of the molecule is C=CCCOC(=O)[C@@H]1[C@H]2C(=O)N(CCO)C(C(=O)N(CC=C)c3c(C)cccc3C)C23CC[C@@]1(C)O3. The highest BCUT2D eigenvalue weighted by Crippen LogP contribution is 2.63. The Kier molecular flexibility index (Phi) is 7.12. The lowest BCUT2D eigenvalue weighted by atomic mass is 9.66. The third-order valence-corrected chi connectivity index (χ3v) is 7.96. The van der Waals surface area contributed by atoms with Crippen LogP contribution in [0.25, 0.3) is 0 Å². The zero-order valence-corrected chi connectivity index (χ0v) is 21.4. The van der Waals surface area contributed by atoms with Gasteiger partial charge in [0.25, 0.3) is 5.91 Å².